The number of thiocarbonyl (C=S) groups is 1. The number of hydrogen-bond donors (Lipinski definition) is 2. The molecule has 4 aromatic rings. The highest BCUT2D eigenvalue weighted by molar-refractivity contribution is 7.80. The van der Waals surface area contributed by atoms with Crippen LogP contribution in [0.5, 0.6) is 0 Å². The van der Waals surface area contributed by atoms with E-state index < -0.39 is 7.92 Å². The quantitative estimate of drug-likeness (QED) is 0.154. The summed E-state index contributed by atoms with van der Waals surface area (Å²) in [4.78, 5) is 2.28. The third-order valence-corrected chi connectivity index (χ3v) is 11.6. The largest absolute Gasteiger partial charge is 0.360 e. The zero-order valence-electron chi connectivity index (χ0n) is 24.4. The number of nitrogens with one attached hydrogen (secondary N) is 2. The second-order valence-corrected chi connectivity index (χ2v) is 14.2. The van der Waals surface area contributed by atoms with E-state index in [2.05, 4.69) is 158 Å². The topological polar surface area (TPSA) is 27.3 Å². The molecule has 41 heavy (non-hydrogen) atoms. The van der Waals surface area contributed by atoms with Crippen LogP contribution in [-0.2, 0) is 0 Å². The molecule has 0 bridgehead atoms. The lowest BCUT2D eigenvalue weighted by Gasteiger charge is -2.37. The van der Waals surface area contributed by atoms with Crippen LogP contribution in [0, 0.1) is 5.92 Å². The van der Waals surface area contributed by atoms with Gasteiger partial charge in [-0.2, -0.15) is 0 Å². The molecule has 3 unspecified atom stereocenters. The fraction of sp³-hybridized carbons (Fsp3) is 0.306. The van der Waals surface area contributed by atoms with Crippen molar-refractivity contribution in [1.29, 1.82) is 0 Å². The Morgan fingerprint density at radius 1 is 0.707 bits per heavy atom. The van der Waals surface area contributed by atoms with Gasteiger partial charge < -0.3 is 15.5 Å². The highest BCUT2D eigenvalue weighted by Crippen LogP contribution is 2.51. The third-order valence-electron chi connectivity index (χ3n) is 8.39. The highest BCUT2D eigenvalue weighted by Gasteiger charge is 2.38. The average molecular weight is 580 g/mol. The summed E-state index contributed by atoms with van der Waals surface area (Å²) in [7, 11) is 3.83. The molecule has 0 saturated heterocycles. The van der Waals surface area contributed by atoms with Crippen molar-refractivity contribution in [2.45, 2.75) is 50.0 Å². The Morgan fingerprint density at radius 3 is 1.71 bits per heavy atom. The summed E-state index contributed by atoms with van der Waals surface area (Å²) in [6.45, 7) is 2.33. The maximum absolute atomic E-state index is 6.05. The Kier molecular flexibility index (Phi) is 10.2. The number of benzene rings is 4. The van der Waals surface area contributed by atoms with Crippen molar-refractivity contribution < 1.29 is 0 Å². The van der Waals surface area contributed by atoms with E-state index in [4.69, 9.17) is 12.2 Å². The van der Waals surface area contributed by atoms with Crippen LogP contribution in [-0.4, -0.2) is 35.8 Å². The monoisotopic (exact) mass is 579 g/mol. The van der Waals surface area contributed by atoms with Crippen LogP contribution in [0.1, 0.15) is 49.4 Å². The maximum atomic E-state index is 6.05. The van der Waals surface area contributed by atoms with Gasteiger partial charge in [0.15, 0.2) is 5.11 Å². The Balaban J connectivity index is 1.37. The average Bonchev–Trinajstić information content (AvgIpc) is 3.48. The molecule has 0 aliphatic heterocycles. The van der Waals surface area contributed by atoms with Gasteiger partial charge in [-0.1, -0.05) is 128 Å². The molecule has 1 saturated carbocycles. The zero-order valence-corrected chi connectivity index (χ0v) is 26.1. The van der Waals surface area contributed by atoms with E-state index in [1.807, 2.05) is 0 Å². The minimum Gasteiger partial charge on any atom is -0.360 e. The molecule has 212 valence electrons. The summed E-state index contributed by atoms with van der Waals surface area (Å²) in [5, 5.41) is 11.2. The SMILES string of the molecule is C[C@@H](NC(=S)NC(c1ccccc1)[C@H](c1ccccc1)N(C)C)C1CCCC1P(c1ccccc1)c1ccccc1. The van der Waals surface area contributed by atoms with Crippen LogP contribution < -0.4 is 21.2 Å². The van der Waals surface area contributed by atoms with E-state index in [-0.39, 0.29) is 18.1 Å². The van der Waals surface area contributed by atoms with Crippen molar-refractivity contribution in [3.63, 3.8) is 0 Å². The van der Waals surface area contributed by atoms with E-state index in [0.717, 1.165) is 5.11 Å². The molecule has 3 nitrogen and oxygen atoms in total. The van der Waals surface area contributed by atoms with Crippen LogP contribution in [0.2, 0.25) is 0 Å². The second-order valence-electron chi connectivity index (χ2n) is 11.3. The summed E-state index contributed by atoms with van der Waals surface area (Å²) in [6.07, 6.45) is 3.76. The molecule has 4 aromatic carbocycles. The molecular weight excluding hydrogens is 537 g/mol. The molecule has 1 aliphatic rings. The predicted octanol–water partition coefficient (Wildman–Crippen LogP) is 7.18. The Hall–Kier alpha value is -3.04. The van der Waals surface area contributed by atoms with E-state index in [9.17, 15) is 0 Å². The zero-order chi connectivity index (χ0) is 28.6. The summed E-state index contributed by atoms with van der Waals surface area (Å²) in [5.74, 6) is 0.551. The van der Waals surface area contributed by atoms with Crippen molar-refractivity contribution in [3.8, 4) is 0 Å². The predicted molar refractivity (Wildman–Crippen MR) is 181 cm³/mol. The Bertz CT molecular complexity index is 1310. The Morgan fingerprint density at radius 2 is 1.20 bits per heavy atom. The van der Waals surface area contributed by atoms with Gasteiger partial charge in [-0.25, -0.2) is 0 Å². The molecular formula is C36H42N3PS. The number of likely N-dealkylation sites (N-methyl/N-ethyl adjacent to an activating group) is 1. The second kappa shape index (κ2) is 14.2. The lowest BCUT2D eigenvalue weighted by molar-refractivity contribution is 0.246. The van der Waals surface area contributed by atoms with Gasteiger partial charge in [0.25, 0.3) is 0 Å². The molecule has 5 atom stereocenters. The van der Waals surface area contributed by atoms with Crippen LogP contribution >= 0.6 is 20.1 Å². The molecule has 5 rings (SSSR count). The van der Waals surface area contributed by atoms with Gasteiger partial charge in [0.05, 0.1) is 12.1 Å². The van der Waals surface area contributed by atoms with Gasteiger partial charge in [0.2, 0.25) is 0 Å². The Labute approximate surface area is 253 Å². The fourth-order valence-corrected chi connectivity index (χ4v) is 10.1. The van der Waals surface area contributed by atoms with E-state index in [1.54, 1.807) is 0 Å². The van der Waals surface area contributed by atoms with Gasteiger partial charge >= 0.3 is 0 Å². The smallest absolute Gasteiger partial charge is 0.167 e. The summed E-state index contributed by atoms with van der Waals surface area (Å²) in [5.41, 5.74) is 3.10. The first-order valence-electron chi connectivity index (χ1n) is 14.8. The normalized spacial score (nSPS) is 19.0. The number of rotatable bonds is 10. The minimum absolute atomic E-state index is 0.00550. The van der Waals surface area contributed by atoms with Crippen LogP contribution in [0.25, 0.3) is 0 Å². The lowest BCUT2D eigenvalue weighted by Crippen LogP contribution is -2.48. The molecule has 2 N–H and O–H groups in total. The number of hydrogen-bond acceptors (Lipinski definition) is 2. The summed E-state index contributed by atoms with van der Waals surface area (Å²) < 4.78 is 0. The fourth-order valence-electron chi connectivity index (χ4n) is 6.52. The minimum atomic E-state index is -0.461. The highest BCUT2D eigenvalue weighted by atomic mass is 32.1. The van der Waals surface area contributed by atoms with E-state index in [0.29, 0.717) is 11.6 Å². The molecule has 0 aromatic heterocycles. The lowest BCUT2D eigenvalue weighted by atomic mass is 9.92. The van der Waals surface area contributed by atoms with Gasteiger partial charge in [-0.05, 0) is 87.3 Å². The van der Waals surface area contributed by atoms with Crippen molar-refractivity contribution in [3.05, 3.63) is 132 Å². The van der Waals surface area contributed by atoms with Gasteiger partial charge in [0, 0.05) is 6.04 Å². The molecule has 0 radical (unpaired) electrons. The molecule has 0 amide bonds. The molecule has 1 fully saturated rings. The number of nitrogens with zero attached hydrogens (tertiary/aromatic N) is 1. The first-order chi connectivity index (χ1) is 20.0. The van der Waals surface area contributed by atoms with Crippen LogP contribution in [0.3, 0.4) is 0 Å². The molecule has 1 aliphatic carbocycles. The van der Waals surface area contributed by atoms with Gasteiger partial charge in [-0.15, -0.1) is 0 Å². The summed E-state index contributed by atoms with van der Waals surface area (Å²) >= 11 is 6.05. The van der Waals surface area contributed by atoms with Crippen molar-refractivity contribution in [1.82, 2.24) is 15.5 Å². The molecule has 0 spiro atoms. The van der Waals surface area contributed by atoms with Crippen molar-refractivity contribution in [2.24, 2.45) is 5.92 Å². The third kappa shape index (κ3) is 7.25. The van der Waals surface area contributed by atoms with Gasteiger partial charge in [-0.3, -0.25) is 0 Å². The van der Waals surface area contributed by atoms with Crippen LogP contribution in [0.4, 0.5) is 0 Å². The first kappa shape index (κ1) is 29.5. The van der Waals surface area contributed by atoms with Crippen LogP contribution in [0.15, 0.2) is 121 Å². The first-order valence-corrected chi connectivity index (χ1v) is 16.6. The van der Waals surface area contributed by atoms with Crippen molar-refractivity contribution >= 4 is 35.9 Å². The molecule has 5 heteroatoms. The summed E-state index contributed by atoms with van der Waals surface area (Å²) in [6, 6.07) is 44.1. The maximum Gasteiger partial charge on any atom is 0.167 e. The van der Waals surface area contributed by atoms with Gasteiger partial charge in [0.1, 0.15) is 0 Å². The van der Waals surface area contributed by atoms with E-state index >= 15 is 0 Å². The van der Waals surface area contributed by atoms with Crippen molar-refractivity contribution in [2.75, 3.05) is 14.1 Å². The molecule has 0 heterocycles. The van der Waals surface area contributed by atoms with E-state index in [1.165, 1.54) is 41.0 Å². The standard InChI is InChI=1S/C36H42N3PS/c1-27(32-25-16-26-33(32)40(30-21-12-6-13-22-30)31-23-14-7-15-24-31)37-36(41)38-34(28-17-8-4-9-18-28)35(39(2)3)29-19-10-5-11-20-29/h4-15,17-24,27,32-35H,16,25-26H2,1-3H3,(H2,37,38,41)/t27-,32?,33?,34?,35+/m1/s1.